The molecule has 0 radical (unpaired) electrons. The van der Waals surface area contributed by atoms with Crippen molar-refractivity contribution in [2.45, 2.75) is 6.29 Å². The quantitative estimate of drug-likeness (QED) is 0.680. The summed E-state index contributed by atoms with van der Waals surface area (Å²) in [5, 5.41) is 10.5. The molecule has 2 aromatic rings. The Morgan fingerprint density at radius 2 is 1.95 bits per heavy atom. The SMILES string of the molecule is O=C(O)c1ccc2ccccc2c1C(=O)OC1COO1. The van der Waals surface area contributed by atoms with E-state index in [2.05, 4.69) is 9.78 Å². The molecule has 0 amide bonds. The number of fused-ring (bicyclic) bond motifs is 1. The number of hydrogen-bond donors (Lipinski definition) is 1. The lowest BCUT2D eigenvalue weighted by Gasteiger charge is -2.24. The number of ether oxygens (including phenoxy) is 1. The molecule has 0 saturated carbocycles. The Bertz CT molecular complexity index is 689. The minimum Gasteiger partial charge on any atom is -0.478 e. The molecule has 6 heteroatoms. The zero-order valence-corrected chi connectivity index (χ0v) is 10.2. The molecule has 0 aromatic heterocycles. The number of hydrogen-bond acceptors (Lipinski definition) is 5. The Morgan fingerprint density at radius 1 is 1.20 bits per heavy atom. The average Bonchev–Trinajstić information content (AvgIpc) is 2.41. The van der Waals surface area contributed by atoms with Crippen molar-refractivity contribution in [2.75, 3.05) is 6.61 Å². The van der Waals surface area contributed by atoms with Gasteiger partial charge < -0.3 is 9.84 Å². The van der Waals surface area contributed by atoms with Gasteiger partial charge in [0.1, 0.15) is 6.61 Å². The summed E-state index contributed by atoms with van der Waals surface area (Å²) in [5.74, 6) is -1.93. The van der Waals surface area contributed by atoms with E-state index in [9.17, 15) is 14.7 Å². The number of carbonyl (C=O) groups is 2. The van der Waals surface area contributed by atoms with Crippen molar-refractivity contribution in [3.63, 3.8) is 0 Å². The minimum absolute atomic E-state index is 0.0195. The van der Waals surface area contributed by atoms with Crippen LogP contribution in [0.2, 0.25) is 0 Å². The molecule has 1 N–H and O–H groups in total. The van der Waals surface area contributed by atoms with Crippen molar-refractivity contribution in [2.24, 2.45) is 0 Å². The van der Waals surface area contributed by atoms with Crippen LogP contribution in [0.1, 0.15) is 20.7 Å². The third-order valence-corrected chi connectivity index (χ3v) is 2.98. The van der Waals surface area contributed by atoms with Crippen LogP contribution in [0.15, 0.2) is 36.4 Å². The Hall–Kier alpha value is -2.44. The van der Waals surface area contributed by atoms with Gasteiger partial charge in [0, 0.05) is 0 Å². The number of carboxylic acid groups (broad SMARTS) is 1. The maximum absolute atomic E-state index is 12.2. The Labute approximate surface area is 113 Å². The molecular weight excluding hydrogens is 264 g/mol. The summed E-state index contributed by atoms with van der Waals surface area (Å²) < 4.78 is 5.02. The van der Waals surface area contributed by atoms with Gasteiger partial charge in [0.25, 0.3) is 6.29 Å². The fourth-order valence-corrected chi connectivity index (χ4v) is 2.03. The van der Waals surface area contributed by atoms with Crippen LogP contribution in [0.3, 0.4) is 0 Å². The molecule has 1 atom stereocenters. The molecule has 6 nitrogen and oxygen atoms in total. The highest BCUT2D eigenvalue weighted by Gasteiger charge is 2.28. The van der Waals surface area contributed by atoms with Gasteiger partial charge in [0.2, 0.25) is 0 Å². The molecule has 0 aliphatic carbocycles. The van der Waals surface area contributed by atoms with E-state index in [-0.39, 0.29) is 17.7 Å². The van der Waals surface area contributed by atoms with Crippen molar-refractivity contribution < 1.29 is 29.2 Å². The number of carboxylic acids is 1. The zero-order valence-electron chi connectivity index (χ0n) is 10.2. The number of rotatable bonds is 3. The molecule has 1 saturated heterocycles. The largest absolute Gasteiger partial charge is 0.478 e. The predicted molar refractivity (Wildman–Crippen MR) is 67.1 cm³/mol. The van der Waals surface area contributed by atoms with Crippen molar-refractivity contribution in [3.05, 3.63) is 47.5 Å². The van der Waals surface area contributed by atoms with E-state index in [0.29, 0.717) is 5.39 Å². The molecule has 0 bridgehead atoms. The van der Waals surface area contributed by atoms with Gasteiger partial charge in [-0.25, -0.2) is 14.5 Å². The van der Waals surface area contributed by atoms with Crippen molar-refractivity contribution in [1.29, 1.82) is 0 Å². The van der Waals surface area contributed by atoms with Gasteiger partial charge in [-0.15, -0.1) is 0 Å². The van der Waals surface area contributed by atoms with Gasteiger partial charge in [0.05, 0.1) is 11.1 Å². The summed E-state index contributed by atoms with van der Waals surface area (Å²) in [7, 11) is 0. The lowest BCUT2D eigenvalue weighted by atomic mass is 9.99. The summed E-state index contributed by atoms with van der Waals surface area (Å²) in [4.78, 5) is 32.4. The predicted octanol–water partition coefficient (Wildman–Crippen LogP) is 1.98. The molecular formula is C14H10O6. The second kappa shape index (κ2) is 4.92. The summed E-state index contributed by atoms with van der Waals surface area (Å²) in [5.41, 5.74) is -0.0833. The van der Waals surface area contributed by atoms with Gasteiger partial charge in [-0.2, -0.15) is 4.89 Å². The maximum Gasteiger partial charge on any atom is 0.342 e. The average molecular weight is 274 g/mol. The van der Waals surface area contributed by atoms with Crippen molar-refractivity contribution >= 4 is 22.7 Å². The second-order valence-corrected chi connectivity index (χ2v) is 4.23. The van der Waals surface area contributed by atoms with Gasteiger partial charge in [-0.05, 0) is 16.8 Å². The fraction of sp³-hybridized carbons (Fsp3) is 0.143. The molecule has 1 fully saturated rings. The standard InChI is InChI=1S/C14H10O6/c15-13(16)10-6-5-8-3-1-2-4-9(8)12(10)14(17)19-11-7-18-20-11/h1-6,11H,7H2,(H,15,16). The van der Waals surface area contributed by atoms with Crippen LogP contribution < -0.4 is 0 Å². The molecule has 0 spiro atoms. The maximum atomic E-state index is 12.2. The van der Waals surface area contributed by atoms with Gasteiger partial charge in [0.15, 0.2) is 0 Å². The van der Waals surface area contributed by atoms with Crippen LogP contribution >= 0.6 is 0 Å². The third-order valence-electron chi connectivity index (χ3n) is 2.98. The van der Waals surface area contributed by atoms with Crippen LogP contribution in [0.4, 0.5) is 0 Å². The van der Waals surface area contributed by atoms with Gasteiger partial charge in [-0.1, -0.05) is 30.3 Å². The lowest BCUT2D eigenvalue weighted by Crippen LogP contribution is -2.35. The normalized spacial score (nSPS) is 17.5. The first-order valence-electron chi connectivity index (χ1n) is 5.91. The first kappa shape index (κ1) is 12.6. The highest BCUT2D eigenvalue weighted by molar-refractivity contribution is 6.12. The van der Waals surface area contributed by atoms with E-state index < -0.39 is 18.2 Å². The Morgan fingerprint density at radius 3 is 2.60 bits per heavy atom. The van der Waals surface area contributed by atoms with E-state index in [1.54, 1.807) is 30.3 Å². The Balaban J connectivity index is 2.11. The minimum atomic E-state index is -1.19. The molecule has 1 unspecified atom stereocenters. The number of esters is 1. The highest BCUT2D eigenvalue weighted by Crippen LogP contribution is 2.24. The number of aromatic carboxylic acids is 1. The fourth-order valence-electron chi connectivity index (χ4n) is 2.03. The molecule has 102 valence electrons. The molecule has 1 heterocycles. The van der Waals surface area contributed by atoms with Crippen LogP contribution in [0, 0.1) is 0 Å². The summed E-state index contributed by atoms with van der Waals surface area (Å²) in [6, 6.07) is 10.0. The van der Waals surface area contributed by atoms with Crippen molar-refractivity contribution in [3.8, 4) is 0 Å². The zero-order chi connectivity index (χ0) is 14.1. The summed E-state index contributed by atoms with van der Waals surface area (Å²) in [6.45, 7) is 0.138. The first-order chi connectivity index (χ1) is 9.66. The Kier molecular flexibility index (Phi) is 3.09. The van der Waals surface area contributed by atoms with E-state index in [1.165, 1.54) is 6.07 Å². The lowest BCUT2D eigenvalue weighted by molar-refractivity contribution is -0.471. The van der Waals surface area contributed by atoms with Crippen LogP contribution in [-0.2, 0) is 14.5 Å². The topological polar surface area (TPSA) is 82.1 Å². The monoisotopic (exact) mass is 274 g/mol. The van der Waals surface area contributed by atoms with Crippen LogP contribution in [0.25, 0.3) is 10.8 Å². The summed E-state index contributed by atoms with van der Waals surface area (Å²) in [6.07, 6.45) is -0.789. The highest BCUT2D eigenvalue weighted by atomic mass is 17.3. The van der Waals surface area contributed by atoms with Crippen LogP contribution in [0.5, 0.6) is 0 Å². The van der Waals surface area contributed by atoms with E-state index in [0.717, 1.165) is 5.39 Å². The number of carbonyl (C=O) groups excluding carboxylic acids is 1. The van der Waals surface area contributed by atoms with E-state index in [1.807, 2.05) is 0 Å². The molecule has 2 aromatic carbocycles. The second-order valence-electron chi connectivity index (χ2n) is 4.23. The molecule has 20 heavy (non-hydrogen) atoms. The van der Waals surface area contributed by atoms with Gasteiger partial charge >= 0.3 is 11.9 Å². The smallest absolute Gasteiger partial charge is 0.342 e. The van der Waals surface area contributed by atoms with Gasteiger partial charge in [-0.3, -0.25) is 0 Å². The first-order valence-corrected chi connectivity index (χ1v) is 5.91. The van der Waals surface area contributed by atoms with E-state index in [4.69, 9.17) is 4.74 Å². The molecule has 3 rings (SSSR count). The number of benzene rings is 2. The molecule has 1 aliphatic heterocycles. The van der Waals surface area contributed by atoms with E-state index >= 15 is 0 Å². The molecule has 1 aliphatic rings. The summed E-state index contributed by atoms with van der Waals surface area (Å²) >= 11 is 0. The van der Waals surface area contributed by atoms with Crippen molar-refractivity contribution in [1.82, 2.24) is 0 Å². The third kappa shape index (κ3) is 2.11. The van der Waals surface area contributed by atoms with Crippen LogP contribution in [-0.4, -0.2) is 29.9 Å².